The number of hydrogen-bond acceptors (Lipinski definition) is 3. The molecule has 1 aromatic carbocycles. The largest absolute Gasteiger partial charge is 0.464 e. The number of para-hydroxylation sites is 1. The van der Waals surface area contributed by atoms with E-state index in [9.17, 15) is 4.79 Å². The fourth-order valence-corrected chi connectivity index (χ4v) is 3.03. The van der Waals surface area contributed by atoms with Crippen LogP contribution < -0.4 is 5.32 Å². The highest BCUT2D eigenvalue weighted by Gasteiger charge is 2.55. The molecule has 0 aromatic heterocycles. The lowest BCUT2D eigenvalue weighted by Crippen LogP contribution is -2.54. The summed E-state index contributed by atoms with van der Waals surface area (Å²) in [7, 11) is 0. The zero-order valence-corrected chi connectivity index (χ0v) is 12.0. The number of nitrogens with one attached hydrogen (secondary N) is 1. The van der Waals surface area contributed by atoms with Crippen LogP contribution in [0, 0.1) is 5.41 Å². The van der Waals surface area contributed by atoms with Crippen molar-refractivity contribution in [3.05, 3.63) is 30.3 Å². The Hall–Kier alpha value is -1.51. The van der Waals surface area contributed by atoms with Gasteiger partial charge < -0.3 is 10.1 Å². The van der Waals surface area contributed by atoms with Crippen molar-refractivity contribution in [2.75, 3.05) is 11.9 Å². The van der Waals surface area contributed by atoms with Gasteiger partial charge in [0, 0.05) is 5.69 Å². The lowest BCUT2D eigenvalue weighted by molar-refractivity contribution is -0.151. The quantitative estimate of drug-likeness (QED) is 0.841. The molecule has 3 heteroatoms. The average molecular weight is 261 g/mol. The monoisotopic (exact) mass is 261 g/mol. The summed E-state index contributed by atoms with van der Waals surface area (Å²) in [5, 5.41) is 3.45. The summed E-state index contributed by atoms with van der Waals surface area (Å²) < 4.78 is 5.34. The zero-order valence-electron chi connectivity index (χ0n) is 12.0. The molecule has 1 aliphatic carbocycles. The minimum Gasteiger partial charge on any atom is -0.464 e. The summed E-state index contributed by atoms with van der Waals surface area (Å²) in [6.07, 6.45) is 2.91. The van der Waals surface area contributed by atoms with Gasteiger partial charge in [0.05, 0.1) is 6.61 Å². The van der Waals surface area contributed by atoms with Crippen molar-refractivity contribution in [1.82, 2.24) is 0 Å². The molecule has 0 amide bonds. The van der Waals surface area contributed by atoms with Crippen LogP contribution in [-0.2, 0) is 9.53 Å². The minimum absolute atomic E-state index is 0.102. The van der Waals surface area contributed by atoms with Crippen molar-refractivity contribution >= 4 is 11.7 Å². The summed E-state index contributed by atoms with van der Waals surface area (Å²) in [5.74, 6) is -0.124. The van der Waals surface area contributed by atoms with Gasteiger partial charge in [0.15, 0.2) is 0 Å². The van der Waals surface area contributed by atoms with Gasteiger partial charge in [-0.05, 0) is 43.7 Å². The van der Waals surface area contributed by atoms with Gasteiger partial charge in [-0.2, -0.15) is 0 Å². The zero-order chi connectivity index (χ0) is 13.9. The van der Waals surface area contributed by atoms with Crippen LogP contribution in [0.3, 0.4) is 0 Å². The van der Waals surface area contributed by atoms with Gasteiger partial charge in [-0.1, -0.05) is 32.0 Å². The minimum atomic E-state index is -0.607. The van der Waals surface area contributed by atoms with Gasteiger partial charge in [-0.3, -0.25) is 0 Å². The standard InChI is InChI=1S/C16H23NO2/c1-4-19-14(18)16(12-8-11-15(16,2)3)17-13-9-6-5-7-10-13/h5-7,9-10,17H,4,8,11-12H2,1-3H3. The molecule has 2 rings (SSSR count). The van der Waals surface area contributed by atoms with Gasteiger partial charge in [-0.25, -0.2) is 4.79 Å². The van der Waals surface area contributed by atoms with Crippen molar-refractivity contribution in [3.8, 4) is 0 Å². The van der Waals surface area contributed by atoms with E-state index in [1.807, 2.05) is 37.3 Å². The SMILES string of the molecule is CCOC(=O)C1(Nc2ccccc2)CCCC1(C)C. The van der Waals surface area contributed by atoms with E-state index in [-0.39, 0.29) is 11.4 Å². The third kappa shape index (κ3) is 2.46. The lowest BCUT2D eigenvalue weighted by Gasteiger charge is -2.40. The first-order valence-electron chi connectivity index (χ1n) is 7.02. The predicted molar refractivity (Wildman–Crippen MR) is 77.1 cm³/mol. The van der Waals surface area contributed by atoms with Crippen LogP contribution in [0.1, 0.15) is 40.0 Å². The number of benzene rings is 1. The Bertz CT molecular complexity index is 441. The van der Waals surface area contributed by atoms with Crippen LogP contribution >= 0.6 is 0 Å². The topological polar surface area (TPSA) is 38.3 Å². The highest BCUT2D eigenvalue weighted by molar-refractivity contribution is 5.86. The average Bonchev–Trinajstić information content (AvgIpc) is 2.67. The number of hydrogen-bond donors (Lipinski definition) is 1. The number of anilines is 1. The normalized spacial score (nSPS) is 25.0. The third-order valence-electron chi connectivity index (χ3n) is 4.26. The van der Waals surface area contributed by atoms with E-state index in [1.54, 1.807) is 0 Å². The molecule has 0 heterocycles. The molecule has 1 unspecified atom stereocenters. The molecule has 1 fully saturated rings. The summed E-state index contributed by atoms with van der Waals surface area (Å²) in [6.45, 7) is 6.57. The van der Waals surface area contributed by atoms with E-state index in [4.69, 9.17) is 4.74 Å². The van der Waals surface area contributed by atoms with Crippen molar-refractivity contribution in [1.29, 1.82) is 0 Å². The third-order valence-corrected chi connectivity index (χ3v) is 4.26. The van der Waals surface area contributed by atoms with Gasteiger partial charge in [0.1, 0.15) is 5.54 Å². The summed E-state index contributed by atoms with van der Waals surface area (Å²) in [4.78, 5) is 12.5. The molecule has 1 saturated carbocycles. The molecule has 1 aromatic rings. The second-order valence-electron chi connectivity index (χ2n) is 5.85. The van der Waals surface area contributed by atoms with E-state index in [0.29, 0.717) is 6.61 Å². The number of esters is 1. The summed E-state index contributed by atoms with van der Waals surface area (Å²) in [5.41, 5.74) is 0.268. The highest BCUT2D eigenvalue weighted by atomic mass is 16.5. The Morgan fingerprint density at radius 1 is 1.26 bits per heavy atom. The Kier molecular flexibility index (Phi) is 3.83. The fraction of sp³-hybridized carbons (Fsp3) is 0.562. The van der Waals surface area contributed by atoms with Crippen LogP contribution in [0.2, 0.25) is 0 Å². The van der Waals surface area contributed by atoms with Crippen LogP contribution in [-0.4, -0.2) is 18.1 Å². The number of carbonyl (C=O) groups is 1. The van der Waals surface area contributed by atoms with Crippen LogP contribution in [0.25, 0.3) is 0 Å². The smallest absolute Gasteiger partial charge is 0.332 e. The first kappa shape index (κ1) is 13.9. The van der Waals surface area contributed by atoms with E-state index >= 15 is 0 Å². The summed E-state index contributed by atoms with van der Waals surface area (Å²) >= 11 is 0. The molecule has 0 aliphatic heterocycles. The number of ether oxygens (including phenoxy) is 1. The maximum Gasteiger partial charge on any atom is 0.332 e. The molecular formula is C16H23NO2. The number of rotatable bonds is 4. The second-order valence-corrected chi connectivity index (χ2v) is 5.85. The Balaban J connectivity index is 2.32. The molecule has 104 valence electrons. The van der Waals surface area contributed by atoms with Crippen LogP contribution in [0.4, 0.5) is 5.69 Å². The summed E-state index contributed by atoms with van der Waals surface area (Å²) in [6, 6.07) is 9.92. The molecule has 1 atom stereocenters. The molecular weight excluding hydrogens is 238 g/mol. The van der Waals surface area contributed by atoms with Crippen molar-refractivity contribution in [2.24, 2.45) is 5.41 Å². The number of carbonyl (C=O) groups excluding carboxylic acids is 1. The Morgan fingerprint density at radius 3 is 2.47 bits per heavy atom. The molecule has 0 bridgehead atoms. The molecule has 1 N–H and O–H groups in total. The van der Waals surface area contributed by atoms with Gasteiger partial charge in [0.25, 0.3) is 0 Å². The van der Waals surface area contributed by atoms with Crippen molar-refractivity contribution in [3.63, 3.8) is 0 Å². The van der Waals surface area contributed by atoms with Gasteiger partial charge in [-0.15, -0.1) is 0 Å². The molecule has 0 spiro atoms. The maximum absolute atomic E-state index is 12.5. The molecule has 0 saturated heterocycles. The predicted octanol–water partition coefficient (Wildman–Crippen LogP) is 3.61. The van der Waals surface area contributed by atoms with E-state index < -0.39 is 5.54 Å². The van der Waals surface area contributed by atoms with E-state index in [1.165, 1.54) is 0 Å². The molecule has 3 nitrogen and oxygen atoms in total. The van der Waals surface area contributed by atoms with Crippen molar-refractivity contribution < 1.29 is 9.53 Å². The molecule has 0 radical (unpaired) electrons. The molecule has 19 heavy (non-hydrogen) atoms. The Labute approximate surface area is 115 Å². The lowest BCUT2D eigenvalue weighted by atomic mass is 9.74. The van der Waals surface area contributed by atoms with Gasteiger partial charge >= 0.3 is 5.97 Å². The highest BCUT2D eigenvalue weighted by Crippen LogP contribution is 2.48. The fourth-order valence-electron chi connectivity index (χ4n) is 3.03. The van der Waals surface area contributed by atoms with Crippen LogP contribution in [0.5, 0.6) is 0 Å². The van der Waals surface area contributed by atoms with Gasteiger partial charge in [0.2, 0.25) is 0 Å². The maximum atomic E-state index is 12.5. The van der Waals surface area contributed by atoms with Crippen molar-refractivity contribution in [2.45, 2.75) is 45.6 Å². The van der Waals surface area contributed by atoms with E-state index in [2.05, 4.69) is 19.2 Å². The molecule has 1 aliphatic rings. The Morgan fingerprint density at radius 2 is 1.95 bits per heavy atom. The first-order valence-corrected chi connectivity index (χ1v) is 7.02. The van der Waals surface area contributed by atoms with Crippen LogP contribution in [0.15, 0.2) is 30.3 Å². The van der Waals surface area contributed by atoms with E-state index in [0.717, 1.165) is 24.9 Å². The first-order chi connectivity index (χ1) is 9.02. The second kappa shape index (κ2) is 5.24.